The number of nitrogens with one attached hydrogen (secondary N) is 2. The lowest BCUT2D eigenvalue weighted by atomic mass is 9.90. The number of carbonyl (C=O) groups excluding carboxylic acids is 1. The van der Waals surface area contributed by atoms with Crippen molar-refractivity contribution in [3.05, 3.63) is 30.1 Å². The van der Waals surface area contributed by atoms with Crippen LogP contribution in [0.3, 0.4) is 0 Å². The molecule has 24 heavy (non-hydrogen) atoms. The fraction of sp³-hybridized carbons (Fsp3) is 0.611. The first-order chi connectivity index (χ1) is 11.4. The number of aliphatic hydroxyl groups is 1. The van der Waals surface area contributed by atoms with Crippen LogP contribution in [0.15, 0.2) is 24.3 Å². The van der Waals surface area contributed by atoms with E-state index < -0.39 is 0 Å². The molecule has 3 N–H and O–H groups in total. The number of aliphatic hydroxyl groups excluding tert-OH is 1. The van der Waals surface area contributed by atoms with Crippen LogP contribution in [0.25, 0.3) is 0 Å². The molecule has 1 atom stereocenters. The fourth-order valence-electron chi connectivity index (χ4n) is 2.97. The van der Waals surface area contributed by atoms with Crippen molar-refractivity contribution < 1.29 is 14.3 Å². The van der Waals surface area contributed by atoms with E-state index in [9.17, 15) is 9.18 Å². The Hall–Kier alpha value is -1.82. The minimum absolute atomic E-state index is 0.000639. The lowest BCUT2D eigenvalue weighted by molar-refractivity contribution is 0.199. The van der Waals surface area contributed by atoms with Gasteiger partial charge in [-0.05, 0) is 36.8 Å². The van der Waals surface area contributed by atoms with Gasteiger partial charge in [0.1, 0.15) is 5.82 Å². The third-order valence-electron chi connectivity index (χ3n) is 4.47. The highest BCUT2D eigenvalue weighted by molar-refractivity contribution is 5.74. The highest BCUT2D eigenvalue weighted by Crippen LogP contribution is 2.23. The highest BCUT2D eigenvalue weighted by Gasteiger charge is 2.24. The Balaban J connectivity index is 1.84. The monoisotopic (exact) mass is 337 g/mol. The second-order valence-corrected chi connectivity index (χ2v) is 7.20. The molecule has 1 aromatic rings. The average Bonchev–Trinajstić information content (AvgIpc) is 2.54. The summed E-state index contributed by atoms with van der Waals surface area (Å²) >= 11 is 0. The summed E-state index contributed by atoms with van der Waals surface area (Å²) in [5.41, 5.74) is 0.450. The minimum Gasteiger partial charge on any atom is -0.396 e. The van der Waals surface area contributed by atoms with Crippen molar-refractivity contribution in [3.63, 3.8) is 0 Å². The Morgan fingerprint density at radius 3 is 2.88 bits per heavy atom. The number of amides is 2. The first-order valence-corrected chi connectivity index (χ1v) is 8.56. The Kier molecular flexibility index (Phi) is 6.43. The molecule has 1 unspecified atom stereocenters. The Morgan fingerprint density at radius 1 is 1.42 bits per heavy atom. The van der Waals surface area contributed by atoms with Gasteiger partial charge in [0.15, 0.2) is 0 Å². The molecule has 1 heterocycles. The molecule has 2 amide bonds. The normalized spacial score (nSPS) is 18.3. The average molecular weight is 337 g/mol. The van der Waals surface area contributed by atoms with Crippen LogP contribution in [0.5, 0.6) is 0 Å². The van der Waals surface area contributed by atoms with E-state index >= 15 is 0 Å². The van der Waals surface area contributed by atoms with Gasteiger partial charge in [-0.25, -0.2) is 9.18 Å². The van der Waals surface area contributed by atoms with Gasteiger partial charge in [-0.1, -0.05) is 26.0 Å². The molecule has 5 nitrogen and oxygen atoms in total. The number of halogens is 1. The number of rotatable bonds is 6. The summed E-state index contributed by atoms with van der Waals surface area (Å²) < 4.78 is 13.9. The van der Waals surface area contributed by atoms with E-state index in [0.29, 0.717) is 25.2 Å². The van der Waals surface area contributed by atoms with Gasteiger partial charge in [0.05, 0.1) is 5.69 Å². The van der Waals surface area contributed by atoms with Gasteiger partial charge in [-0.2, -0.15) is 0 Å². The number of hydrogen-bond acceptors (Lipinski definition) is 3. The molecule has 0 bridgehead atoms. The van der Waals surface area contributed by atoms with Crippen molar-refractivity contribution in [1.82, 2.24) is 10.6 Å². The van der Waals surface area contributed by atoms with Crippen LogP contribution >= 0.6 is 0 Å². The lowest BCUT2D eigenvalue weighted by Crippen LogP contribution is -2.51. The van der Waals surface area contributed by atoms with Gasteiger partial charge < -0.3 is 20.6 Å². The van der Waals surface area contributed by atoms with Crippen molar-refractivity contribution in [1.29, 1.82) is 0 Å². The largest absolute Gasteiger partial charge is 0.396 e. The summed E-state index contributed by atoms with van der Waals surface area (Å²) in [5, 5.41) is 14.9. The van der Waals surface area contributed by atoms with Crippen LogP contribution in [0.4, 0.5) is 14.9 Å². The number of hydrogen-bond donors (Lipinski definition) is 3. The molecule has 0 radical (unpaired) electrons. The zero-order valence-corrected chi connectivity index (χ0v) is 14.5. The standard InChI is InChI=1S/C18H28FN3O2/c1-18(2,9-11-23)13-20-17(24)21-14-6-5-10-22(12-14)16-8-4-3-7-15(16)19/h3-4,7-8,14,23H,5-6,9-13H2,1-2H3,(H2,20,21,24). The van der Waals surface area contributed by atoms with E-state index in [1.54, 1.807) is 12.1 Å². The molecular weight excluding hydrogens is 309 g/mol. The summed E-state index contributed by atoms with van der Waals surface area (Å²) in [7, 11) is 0. The van der Waals surface area contributed by atoms with Gasteiger partial charge in [0.2, 0.25) is 0 Å². The molecule has 0 aromatic heterocycles. The number of anilines is 1. The number of urea groups is 1. The summed E-state index contributed by atoms with van der Waals surface area (Å²) in [6.45, 7) is 6.02. The summed E-state index contributed by atoms with van der Waals surface area (Å²) in [4.78, 5) is 14.1. The fourth-order valence-corrected chi connectivity index (χ4v) is 2.97. The number of carbonyl (C=O) groups is 1. The van der Waals surface area contributed by atoms with Crippen LogP contribution < -0.4 is 15.5 Å². The maximum Gasteiger partial charge on any atom is 0.315 e. The molecule has 1 aliphatic heterocycles. The Labute approximate surface area is 143 Å². The molecule has 2 rings (SSSR count). The maximum atomic E-state index is 13.9. The molecule has 0 saturated carbocycles. The third-order valence-corrected chi connectivity index (χ3v) is 4.47. The summed E-state index contributed by atoms with van der Waals surface area (Å²) in [6.07, 6.45) is 2.44. The topological polar surface area (TPSA) is 64.6 Å². The molecule has 134 valence electrons. The predicted molar refractivity (Wildman–Crippen MR) is 93.7 cm³/mol. The van der Waals surface area contributed by atoms with Crippen LogP contribution in [-0.2, 0) is 0 Å². The molecule has 1 fully saturated rings. The number of piperidine rings is 1. The van der Waals surface area contributed by atoms with Gasteiger partial charge in [-0.3, -0.25) is 0 Å². The zero-order valence-electron chi connectivity index (χ0n) is 14.5. The van der Waals surface area contributed by atoms with Crippen LogP contribution in [0, 0.1) is 11.2 Å². The molecular formula is C18H28FN3O2. The van der Waals surface area contributed by atoms with E-state index in [2.05, 4.69) is 10.6 Å². The van der Waals surface area contributed by atoms with Crippen LogP contribution in [0.1, 0.15) is 33.1 Å². The van der Waals surface area contributed by atoms with Gasteiger partial charge >= 0.3 is 6.03 Å². The molecule has 6 heteroatoms. The van der Waals surface area contributed by atoms with Crippen LogP contribution in [-0.4, -0.2) is 43.4 Å². The van der Waals surface area contributed by atoms with Crippen LogP contribution in [0.2, 0.25) is 0 Å². The molecule has 1 aromatic carbocycles. The minimum atomic E-state index is -0.228. The second-order valence-electron chi connectivity index (χ2n) is 7.20. The SMILES string of the molecule is CC(C)(CCO)CNC(=O)NC1CCCN(c2ccccc2F)C1. The van der Waals surface area contributed by atoms with E-state index in [1.807, 2.05) is 24.8 Å². The number of benzene rings is 1. The smallest absolute Gasteiger partial charge is 0.315 e. The molecule has 0 aliphatic carbocycles. The Bertz CT molecular complexity index is 551. The summed E-state index contributed by atoms with van der Waals surface area (Å²) in [6, 6.07) is 6.53. The summed E-state index contributed by atoms with van der Waals surface area (Å²) in [5.74, 6) is -0.228. The van der Waals surface area contributed by atoms with Crippen molar-refractivity contribution in [2.75, 3.05) is 31.1 Å². The van der Waals surface area contributed by atoms with Crippen molar-refractivity contribution in [2.45, 2.75) is 39.2 Å². The third kappa shape index (κ3) is 5.37. The zero-order chi connectivity index (χ0) is 17.6. The van der Waals surface area contributed by atoms with Gasteiger partial charge in [0, 0.05) is 32.3 Å². The van der Waals surface area contributed by atoms with E-state index in [4.69, 9.17) is 5.11 Å². The van der Waals surface area contributed by atoms with E-state index in [1.165, 1.54) is 6.07 Å². The number of nitrogens with zero attached hydrogens (tertiary/aromatic N) is 1. The Morgan fingerprint density at radius 2 is 2.17 bits per heavy atom. The van der Waals surface area contributed by atoms with E-state index in [0.717, 1.165) is 19.4 Å². The maximum absolute atomic E-state index is 13.9. The first kappa shape index (κ1) is 18.5. The lowest BCUT2D eigenvalue weighted by Gasteiger charge is -2.35. The molecule has 1 aliphatic rings. The number of para-hydroxylation sites is 1. The van der Waals surface area contributed by atoms with E-state index in [-0.39, 0.29) is 29.9 Å². The highest BCUT2D eigenvalue weighted by atomic mass is 19.1. The van der Waals surface area contributed by atoms with Crippen molar-refractivity contribution in [3.8, 4) is 0 Å². The quantitative estimate of drug-likeness (QED) is 0.747. The first-order valence-electron chi connectivity index (χ1n) is 8.56. The van der Waals surface area contributed by atoms with Crippen molar-refractivity contribution >= 4 is 11.7 Å². The molecule has 0 spiro atoms. The van der Waals surface area contributed by atoms with Gasteiger partial charge in [0.25, 0.3) is 0 Å². The molecule has 1 saturated heterocycles. The predicted octanol–water partition coefficient (Wildman–Crippen LogP) is 2.50. The van der Waals surface area contributed by atoms with Crippen molar-refractivity contribution in [2.24, 2.45) is 5.41 Å². The van der Waals surface area contributed by atoms with Gasteiger partial charge in [-0.15, -0.1) is 0 Å². The second kappa shape index (κ2) is 8.33.